The van der Waals surface area contributed by atoms with E-state index >= 15 is 4.39 Å². The molecule has 0 radical (unpaired) electrons. The zero-order chi connectivity index (χ0) is 27.7. The predicted octanol–water partition coefficient (Wildman–Crippen LogP) is 3.89. The molecule has 0 aliphatic carbocycles. The van der Waals surface area contributed by atoms with Crippen molar-refractivity contribution in [2.24, 2.45) is 0 Å². The number of likely N-dealkylation sites (tertiary alicyclic amines) is 1. The number of anilines is 3. The molecule has 2 aromatic heterocycles. The molecule has 0 unspecified atom stereocenters. The van der Waals surface area contributed by atoms with Crippen LogP contribution >= 0.6 is 0 Å². The van der Waals surface area contributed by atoms with E-state index in [1.807, 2.05) is 0 Å². The van der Waals surface area contributed by atoms with Gasteiger partial charge in [0.25, 0.3) is 5.91 Å². The van der Waals surface area contributed by atoms with Gasteiger partial charge in [-0.1, -0.05) is 0 Å². The normalized spacial score (nSPS) is 17.2. The smallest absolute Gasteiger partial charge is 0.418 e. The highest BCUT2D eigenvalue weighted by atomic mass is 19.4. The molecule has 0 saturated carbocycles. The lowest BCUT2D eigenvalue weighted by molar-refractivity contribution is -0.136. The van der Waals surface area contributed by atoms with Gasteiger partial charge < -0.3 is 30.4 Å². The summed E-state index contributed by atoms with van der Waals surface area (Å²) in [5.74, 6) is -1.34. The fourth-order valence-electron chi connectivity index (χ4n) is 4.83. The summed E-state index contributed by atoms with van der Waals surface area (Å²) in [4.78, 5) is 26.1. The van der Waals surface area contributed by atoms with E-state index in [2.05, 4.69) is 35.8 Å². The zero-order valence-corrected chi connectivity index (χ0v) is 21.4. The Balaban J connectivity index is 1.34. The number of hydrogen-bond acceptors (Lipinski definition) is 8. The fraction of sp³-hybridized carbons (Fsp3) is 0.480. The summed E-state index contributed by atoms with van der Waals surface area (Å²) >= 11 is 0. The van der Waals surface area contributed by atoms with Crippen LogP contribution in [0, 0.1) is 5.82 Å². The van der Waals surface area contributed by atoms with Crippen LogP contribution in [0.15, 0.2) is 18.3 Å². The number of piperidine rings is 1. The average Bonchev–Trinajstić information content (AvgIpc) is 3.29. The van der Waals surface area contributed by atoms with Crippen molar-refractivity contribution in [2.45, 2.75) is 38.0 Å². The predicted molar refractivity (Wildman–Crippen MR) is 136 cm³/mol. The Labute approximate surface area is 221 Å². The molecule has 2 aliphatic rings. The number of aromatic amines is 1. The summed E-state index contributed by atoms with van der Waals surface area (Å²) in [5, 5.41) is 8.32. The topological polar surface area (TPSA) is 116 Å². The number of methoxy groups -OCH3 is 1. The number of amides is 1. The number of hydrogen-bond donors (Lipinski definition) is 4. The fourth-order valence-corrected chi connectivity index (χ4v) is 4.83. The van der Waals surface area contributed by atoms with E-state index < -0.39 is 23.5 Å². The Bertz CT molecular complexity index is 1350. The second-order valence-electron chi connectivity index (χ2n) is 9.48. The molecular weight excluding hydrogens is 522 g/mol. The Kier molecular flexibility index (Phi) is 7.49. The van der Waals surface area contributed by atoms with Crippen molar-refractivity contribution in [3.63, 3.8) is 0 Å². The molecule has 2 aliphatic heterocycles. The van der Waals surface area contributed by atoms with Crippen molar-refractivity contribution in [3.8, 4) is 5.75 Å². The molecule has 10 nitrogen and oxygen atoms in total. The van der Waals surface area contributed by atoms with Crippen molar-refractivity contribution in [1.82, 2.24) is 25.2 Å². The molecule has 5 rings (SSSR count). The highest BCUT2D eigenvalue weighted by Gasteiger charge is 2.36. The van der Waals surface area contributed by atoms with E-state index in [0.29, 0.717) is 12.6 Å². The number of carbonyl (C=O) groups excluding carboxylic acids is 1. The second kappa shape index (κ2) is 10.8. The maximum Gasteiger partial charge on any atom is 0.418 e. The molecule has 3 aromatic rings. The first-order chi connectivity index (χ1) is 18.7. The Morgan fingerprint density at radius 1 is 1.23 bits per heavy atom. The first-order valence-electron chi connectivity index (χ1n) is 12.6. The highest BCUT2D eigenvalue weighted by Crippen LogP contribution is 2.38. The van der Waals surface area contributed by atoms with Gasteiger partial charge in [0.15, 0.2) is 0 Å². The van der Waals surface area contributed by atoms with Gasteiger partial charge in [-0.3, -0.25) is 9.69 Å². The summed E-state index contributed by atoms with van der Waals surface area (Å²) in [6.45, 7) is 5.16. The van der Waals surface area contributed by atoms with Crippen LogP contribution in [0.4, 0.5) is 35.0 Å². The minimum atomic E-state index is -4.61. The van der Waals surface area contributed by atoms with Crippen LogP contribution < -0.4 is 20.7 Å². The monoisotopic (exact) mass is 551 g/mol. The number of aromatic nitrogens is 3. The molecule has 210 valence electrons. The zero-order valence-electron chi connectivity index (χ0n) is 21.4. The largest absolute Gasteiger partial charge is 0.495 e. The van der Waals surface area contributed by atoms with Gasteiger partial charge in [-0.25, -0.2) is 4.39 Å². The summed E-state index contributed by atoms with van der Waals surface area (Å²) in [6, 6.07) is 2.70. The number of nitrogens with one attached hydrogen (secondary N) is 4. The third-order valence-electron chi connectivity index (χ3n) is 6.96. The van der Waals surface area contributed by atoms with E-state index in [1.54, 1.807) is 6.92 Å². The van der Waals surface area contributed by atoms with Crippen molar-refractivity contribution >= 4 is 34.4 Å². The molecule has 4 heterocycles. The lowest BCUT2D eigenvalue weighted by Gasteiger charge is -2.41. The number of alkyl halides is 3. The van der Waals surface area contributed by atoms with Crippen molar-refractivity contribution < 1.29 is 31.8 Å². The number of carbonyl (C=O) groups is 1. The number of nitrogens with zero attached hydrogens (tertiary/aromatic N) is 3. The number of fused-ring (bicyclic) bond motifs is 1. The van der Waals surface area contributed by atoms with Crippen LogP contribution in [0.1, 0.15) is 35.7 Å². The molecule has 0 bridgehead atoms. The summed E-state index contributed by atoms with van der Waals surface area (Å²) in [7, 11) is 1.36. The Morgan fingerprint density at radius 2 is 1.97 bits per heavy atom. The highest BCUT2D eigenvalue weighted by molar-refractivity contribution is 5.96. The van der Waals surface area contributed by atoms with Gasteiger partial charge in [0.05, 0.1) is 48.6 Å². The van der Waals surface area contributed by atoms with Gasteiger partial charge in [0.2, 0.25) is 5.95 Å². The van der Waals surface area contributed by atoms with E-state index in [9.17, 15) is 18.0 Å². The van der Waals surface area contributed by atoms with Crippen LogP contribution in [0.25, 0.3) is 11.0 Å². The third-order valence-corrected chi connectivity index (χ3v) is 6.96. The molecule has 4 N–H and O–H groups in total. The molecule has 0 atom stereocenters. The summed E-state index contributed by atoms with van der Waals surface area (Å²) in [5.41, 5.74) is -1.04. The van der Waals surface area contributed by atoms with Gasteiger partial charge in [0.1, 0.15) is 23.0 Å². The van der Waals surface area contributed by atoms with E-state index in [4.69, 9.17) is 9.47 Å². The lowest BCUT2D eigenvalue weighted by atomic mass is 10.0. The van der Waals surface area contributed by atoms with Crippen LogP contribution in [-0.4, -0.2) is 77.8 Å². The molecule has 14 heteroatoms. The maximum atomic E-state index is 15.1. The van der Waals surface area contributed by atoms with Crippen molar-refractivity contribution in [2.75, 3.05) is 50.6 Å². The SMILES string of the molecule is CCNc1nc(Nc2cc(F)c(C(=O)NC3CCN(C4COC4)CC3)cc2OC)nc2[nH]cc(C(F)(F)F)c12. The molecule has 2 saturated heterocycles. The van der Waals surface area contributed by atoms with E-state index in [-0.39, 0.29) is 45.8 Å². The van der Waals surface area contributed by atoms with Gasteiger partial charge in [-0.15, -0.1) is 0 Å². The van der Waals surface area contributed by atoms with Gasteiger partial charge >= 0.3 is 6.18 Å². The molecule has 0 spiro atoms. The first-order valence-corrected chi connectivity index (χ1v) is 12.6. The number of ether oxygens (including phenoxy) is 2. The quantitative estimate of drug-likeness (QED) is 0.312. The molecule has 2 fully saturated rings. The standard InChI is InChI=1S/C25H29F4N7O3/c1-3-30-21-20-16(25(27,28)29)10-31-22(20)35-24(34-21)33-18-9-17(26)15(8-19(18)38-2)23(37)32-13-4-6-36(7-5-13)14-11-39-12-14/h8-10,13-14H,3-7,11-12H2,1-2H3,(H,32,37)(H3,30,31,33,34,35). The lowest BCUT2D eigenvalue weighted by Crippen LogP contribution is -2.54. The second-order valence-corrected chi connectivity index (χ2v) is 9.48. The Hall–Kier alpha value is -3.65. The summed E-state index contributed by atoms with van der Waals surface area (Å²) in [6.07, 6.45) is -2.28. The number of rotatable bonds is 8. The number of halogens is 4. The first kappa shape index (κ1) is 26.9. The van der Waals surface area contributed by atoms with Gasteiger partial charge in [0, 0.05) is 37.9 Å². The van der Waals surface area contributed by atoms with Gasteiger partial charge in [-0.2, -0.15) is 23.1 Å². The van der Waals surface area contributed by atoms with Crippen molar-refractivity contribution in [3.05, 3.63) is 35.3 Å². The Morgan fingerprint density at radius 3 is 2.59 bits per heavy atom. The van der Waals surface area contributed by atoms with Gasteiger partial charge in [-0.05, 0) is 25.8 Å². The van der Waals surface area contributed by atoms with E-state index in [0.717, 1.165) is 51.4 Å². The number of benzene rings is 1. The van der Waals surface area contributed by atoms with Crippen molar-refractivity contribution in [1.29, 1.82) is 0 Å². The minimum absolute atomic E-state index is 0.0371. The van der Waals surface area contributed by atoms with E-state index in [1.165, 1.54) is 13.2 Å². The van der Waals surface area contributed by atoms with Crippen LogP contribution in [0.3, 0.4) is 0 Å². The molecule has 1 amide bonds. The van der Waals surface area contributed by atoms with Crippen LogP contribution in [0.2, 0.25) is 0 Å². The minimum Gasteiger partial charge on any atom is -0.495 e. The average molecular weight is 552 g/mol. The third kappa shape index (κ3) is 5.57. The maximum absolute atomic E-state index is 15.1. The summed E-state index contributed by atoms with van der Waals surface area (Å²) < 4.78 is 66.1. The molecule has 1 aromatic carbocycles. The van der Waals surface area contributed by atoms with Crippen LogP contribution in [0.5, 0.6) is 5.75 Å². The number of H-pyrrole nitrogens is 1. The molecule has 39 heavy (non-hydrogen) atoms. The molecular formula is C25H29F4N7O3. The van der Waals surface area contributed by atoms with Crippen LogP contribution in [-0.2, 0) is 10.9 Å².